The van der Waals surface area contributed by atoms with Crippen LogP contribution in [0.15, 0.2) is 0 Å². The molecular weight excluding hydrogens is 210 g/mol. The van der Waals surface area contributed by atoms with Crippen molar-refractivity contribution in [3.63, 3.8) is 0 Å². The first-order valence-corrected chi connectivity index (χ1v) is 7.54. The first kappa shape index (κ1) is 14.9. The Morgan fingerprint density at radius 2 is 1.80 bits per heavy atom. The van der Waals surface area contributed by atoms with Gasteiger partial charge in [0.1, 0.15) is 0 Å². The molecule has 0 aromatic carbocycles. The molecule has 0 amide bonds. The molecule has 0 aromatic heterocycles. The highest BCUT2D eigenvalue weighted by Gasteiger charge is 2.21. The Bertz CT molecular complexity index is 249. The van der Waals surface area contributed by atoms with Crippen LogP contribution in [0.2, 0.25) is 0 Å². The molecular formula is C11H25NO2S. The highest BCUT2D eigenvalue weighted by molar-refractivity contribution is 7.91. The molecule has 0 aliphatic heterocycles. The Morgan fingerprint density at radius 3 is 2.27 bits per heavy atom. The van der Waals surface area contributed by atoms with E-state index in [1.807, 2.05) is 20.9 Å². The summed E-state index contributed by atoms with van der Waals surface area (Å²) in [5, 5.41) is 2.85. The van der Waals surface area contributed by atoms with E-state index in [9.17, 15) is 8.42 Å². The van der Waals surface area contributed by atoms with E-state index in [1.165, 1.54) is 0 Å². The van der Waals surface area contributed by atoms with Gasteiger partial charge in [-0.1, -0.05) is 19.8 Å². The van der Waals surface area contributed by atoms with E-state index in [4.69, 9.17) is 0 Å². The fraction of sp³-hybridized carbons (Fsp3) is 1.00. The van der Waals surface area contributed by atoms with Crippen LogP contribution in [0.25, 0.3) is 0 Å². The molecule has 4 heteroatoms. The summed E-state index contributed by atoms with van der Waals surface area (Å²) in [5.41, 5.74) is 0. The van der Waals surface area contributed by atoms with Gasteiger partial charge in [-0.3, -0.25) is 0 Å². The second-order valence-corrected chi connectivity index (χ2v) is 6.85. The zero-order valence-corrected chi connectivity index (χ0v) is 11.2. The molecule has 0 fully saturated rings. The fourth-order valence-electron chi connectivity index (χ4n) is 1.52. The van der Waals surface area contributed by atoms with Crippen molar-refractivity contribution in [1.29, 1.82) is 0 Å². The molecule has 2 atom stereocenters. The number of rotatable bonds is 8. The minimum atomic E-state index is -2.88. The van der Waals surface area contributed by atoms with Crippen LogP contribution in [0.1, 0.15) is 46.5 Å². The van der Waals surface area contributed by atoms with Gasteiger partial charge in [0.25, 0.3) is 0 Å². The Kier molecular flexibility index (Phi) is 7.18. The van der Waals surface area contributed by atoms with Gasteiger partial charge in [0.2, 0.25) is 0 Å². The highest BCUT2D eigenvalue weighted by atomic mass is 32.2. The molecule has 2 unspecified atom stereocenters. The summed E-state index contributed by atoms with van der Waals surface area (Å²) in [5.74, 6) is 0.346. The molecule has 0 rings (SSSR count). The van der Waals surface area contributed by atoms with Crippen LogP contribution < -0.4 is 5.32 Å². The van der Waals surface area contributed by atoms with Crippen LogP contribution in [-0.2, 0) is 9.84 Å². The third-order valence-corrected chi connectivity index (χ3v) is 5.10. The smallest absolute Gasteiger partial charge is 0.152 e. The van der Waals surface area contributed by atoms with Crippen LogP contribution in [0.3, 0.4) is 0 Å². The molecule has 0 aromatic rings. The van der Waals surface area contributed by atoms with Gasteiger partial charge in [0.15, 0.2) is 9.84 Å². The first-order chi connectivity index (χ1) is 6.94. The molecule has 0 bridgehead atoms. The van der Waals surface area contributed by atoms with E-state index < -0.39 is 9.84 Å². The van der Waals surface area contributed by atoms with Crippen LogP contribution in [0.5, 0.6) is 0 Å². The van der Waals surface area contributed by atoms with E-state index in [0.29, 0.717) is 12.2 Å². The largest absolute Gasteiger partial charge is 0.317 e. The lowest BCUT2D eigenvalue weighted by Gasteiger charge is -2.17. The fourth-order valence-corrected chi connectivity index (χ4v) is 3.11. The molecule has 0 aliphatic rings. The van der Waals surface area contributed by atoms with Crippen molar-refractivity contribution in [2.24, 2.45) is 0 Å². The predicted octanol–water partition coefficient (Wildman–Crippen LogP) is 1.98. The second kappa shape index (κ2) is 7.23. The standard InChI is InChI=1S/C11H25NO2S/c1-5-6-7-8-15(13,14)11(3)9-10(2)12-4/h10-12H,5-9H2,1-4H3. The number of hydrogen-bond donors (Lipinski definition) is 1. The minimum Gasteiger partial charge on any atom is -0.317 e. The quantitative estimate of drug-likeness (QED) is 0.654. The van der Waals surface area contributed by atoms with Crippen molar-refractivity contribution in [2.45, 2.75) is 57.7 Å². The lowest BCUT2D eigenvalue weighted by Crippen LogP contribution is -2.30. The van der Waals surface area contributed by atoms with Crippen molar-refractivity contribution in [2.75, 3.05) is 12.8 Å². The molecule has 0 saturated heterocycles. The maximum absolute atomic E-state index is 11.8. The monoisotopic (exact) mass is 235 g/mol. The molecule has 0 heterocycles. The van der Waals surface area contributed by atoms with Crippen molar-refractivity contribution in [3.8, 4) is 0 Å². The Hall–Kier alpha value is -0.0900. The van der Waals surface area contributed by atoms with Gasteiger partial charge in [-0.25, -0.2) is 8.42 Å². The molecule has 92 valence electrons. The Labute approximate surface area is 94.6 Å². The van der Waals surface area contributed by atoms with E-state index in [0.717, 1.165) is 19.3 Å². The summed E-state index contributed by atoms with van der Waals surface area (Å²) >= 11 is 0. The van der Waals surface area contributed by atoms with Gasteiger partial charge in [-0.05, 0) is 33.7 Å². The van der Waals surface area contributed by atoms with Crippen molar-refractivity contribution in [1.82, 2.24) is 5.32 Å². The number of nitrogens with one attached hydrogen (secondary N) is 1. The average Bonchev–Trinajstić information content (AvgIpc) is 2.17. The second-order valence-electron chi connectivity index (χ2n) is 4.31. The lowest BCUT2D eigenvalue weighted by atomic mass is 10.2. The molecule has 0 saturated carbocycles. The predicted molar refractivity (Wildman–Crippen MR) is 65.9 cm³/mol. The van der Waals surface area contributed by atoms with E-state index in [1.54, 1.807) is 0 Å². The number of sulfone groups is 1. The molecule has 1 N–H and O–H groups in total. The summed E-state index contributed by atoms with van der Waals surface area (Å²) < 4.78 is 23.7. The van der Waals surface area contributed by atoms with Gasteiger partial charge in [0.05, 0.1) is 11.0 Å². The zero-order chi connectivity index (χ0) is 11.9. The SMILES string of the molecule is CCCCCS(=O)(=O)C(C)CC(C)NC. The highest BCUT2D eigenvalue weighted by Crippen LogP contribution is 2.11. The van der Waals surface area contributed by atoms with Crippen LogP contribution in [-0.4, -0.2) is 32.5 Å². The van der Waals surface area contributed by atoms with Crippen molar-refractivity contribution in [3.05, 3.63) is 0 Å². The summed E-state index contributed by atoms with van der Waals surface area (Å²) in [6.45, 7) is 5.91. The molecule has 15 heavy (non-hydrogen) atoms. The summed E-state index contributed by atoms with van der Waals surface area (Å²) in [4.78, 5) is 0. The number of hydrogen-bond acceptors (Lipinski definition) is 3. The van der Waals surface area contributed by atoms with Gasteiger partial charge >= 0.3 is 0 Å². The van der Waals surface area contributed by atoms with E-state index in [-0.39, 0.29) is 11.3 Å². The molecule has 0 radical (unpaired) electrons. The average molecular weight is 235 g/mol. The molecule has 3 nitrogen and oxygen atoms in total. The summed E-state index contributed by atoms with van der Waals surface area (Å²) in [6.07, 6.45) is 3.58. The summed E-state index contributed by atoms with van der Waals surface area (Å²) in [6, 6.07) is 0.265. The normalized spacial score (nSPS) is 16.3. The van der Waals surface area contributed by atoms with Crippen LogP contribution >= 0.6 is 0 Å². The number of unbranched alkanes of at least 4 members (excludes halogenated alkanes) is 2. The van der Waals surface area contributed by atoms with Gasteiger partial charge < -0.3 is 5.32 Å². The first-order valence-electron chi connectivity index (χ1n) is 5.82. The zero-order valence-electron chi connectivity index (χ0n) is 10.4. The van der Waals surface area contributed by atoms with Crippen molar-refractivity contribution < 1.29 is 8.42 Å². The van der Waals surface area contributed by atoms with Crippen LogP contribution in [0, 0.1) is 0 Å². The molecule has 0 spiro atoms. The van der Waals surface area contributed by atoms with Gasteiger partial charge in [0, 0.05) is 6.04 Å². The van der Waals surface area contributed by atoms with Crippen LogP contribution in [0.4, 0.5) is 0 Å². The summed E-state index contributed by atoms with van der Waals surface area (Å²) in [7, 11) is -1.02. The van der Waals surface area contributed by atoms with E-state index >= 15 is 0 Å². The van der Waals surface area contributed by atoms with Crippen molar-refractivity contribution >= 4 is 9.84 Å². The Morgan fingerprint density at radius 1 is 1.20 bits per heavy atom. The Balaban J connectivity index is 4.08. The maximum Gasteiger partial charge on any atom is 0.152 e. The third kappa shape index (κ3) is 6.15. The van der Waals surface area contributed by atoms with Gasteiger partial charge in [-0.2, -0.15) is 0 Å². The minimum absolute atomic E-state index is 0.225. The third-order valence-electron chi connectivity index (χ3n) is 2.82. The topological polar surface area (TPSA) is 46.2 Å². The van der Waals surface area contributed by atoms with Gasteiger partial charge in [-0.15, -0.1) is 0 Å². The van der Waals surface area contributed by atoms with E-state index in [2.05, 4.69) is 12.2 Å². The molecule has 0 aliphatic carbocycles. The maximum atomic E-state index is 11.8. The lowest BCUT2D eigenvalue weighted by molar-refractivity contribution is 0.528.